The molecule has 2 aromatic heterocycles. The second-order valence-corrected chi connectivity index (χ2v) is 9.93. The first-order valence-corrected chi connectivity index (χ1v) is 12.1. The minimum atomic E-state index is -0.491. The number of ether oxygens (including phenoxy) is 2. The lowest BCUT2D eigenvalue weighted by Crippen LogP contribution is -2.30. The van der Waals surface area contributed by atoms with Crippen molar-refractivity contribution in [2.45, 2.75) is 0 Å². The van der Waals surface area contributed by atoms with Gasteiger partial charge in [0.2, 0.25) is 18.4 Å². The van der Waals surface area contributed by atoms with Gasteiger partial charge in [-0.05, 0) is 44.0 Å². The highest BCUT2D eigenvalue weighted by atomic mass is 19.1. The highest BCUT2D eigenvalue weighted by Gasteiger charge is 2.55. The largest absolute Gasteiger partial charge is 0.453 e. The molecular weight excluding hydrogens is 475 g/mol. The van der Waals surface area contributed by atoms with Crippen LogP contribution in [0.5, 0.6) is 11.5 Å². The number of likely N-dealkylation sites (tertiary alicyclic amines) is 1. The Labute approximate surface area is 213 Å². The third-order valence-electron chi connectivity index (χ3n) is 7.33. The van der Waals surface area contributed by atoms with Crippen molar-refractivity contribution in [2.24, 2.45) is 24.8 Å². The van der Waals surface area contributed by atoms with Crippen molar-refractivity contribution in [1.82, 2.24) is 24.3 Å². The molecule has 2 unspecified atom stereocenters. The van der Waals surface area contributed by atoms with Gasteiger partial charge in [0, 0.05) is 49.8 Å². The molecular formula is C27H27FN6O3. The number of anilines is 1. The number of hydrogen-bond donors (Lipinski definition) is 1. The van der Waals surface area contributed by atoms with E-state index in [2.05, 4.69) is 21.8 Å². The molecule has 3 aromatic rings. The van der Waals surface area contributed by atoms with Crippen LogP contribution in [0.4, 0.5) is 10.2 Å². The summed E-state index contributed by atoms with van der Waals surface area (Å²) in [5.41, 5.74) is 8.92. The number of halogens is 1. The molecule has 1 aromatic carbocycles. The van der Waals surface area contributed by atoms with Gasteiger partial charge < -0.3 is 29.6 Å². The number of likely N-dealkylation sites (N-methyl/N-ethyl adjacent to an activating group) is 1. The zero-order valence-electron chi connectivity index (χ0n) is 20.9. The Kier molecular flexibility index (Phi) is 5.53. The second kappa shape index (κ2) is 8.78. The molecule has 2 fully saturated rings. The number of nitrogen functional groups attached to an aromatic ring is 1. The van der Waals surface area contributed by atoms with E-state index in [4.69, 9.17) is 15.2 Å². The summed E-state index contributed by atoms with van der Waals surface area (Å²) < 4.78 is 27.2. The second-order valence-electron chi connectivity index (χ2n) is 9.93. The van der Waals surface area contributed by atoms with Gasteiger partial charge in [-0.1, -0.05) is 12.0 Å². The smallest absolute Gasteiger partial charge is 0.246 e. The van der Waals surface area contributed by atoms with E-state index in [-0.39, 0.29) is 24.4 Å². The summed E-state index contributed by atoms with van der Waals surface area (Å²) in [5.74, 6) is 8.00. The Morgan fingerprint density at radius 2 is 2.00 bits per heavy atom. The molecule has 9 nitrogen and oxygen atoms in total. The number of nitrogens with zero attached hydrogens (tertiary/aromatic N) is 5. The Hall–Kier alpha value is -4.10. The molecule has 2 N–H and O–H groups in total. The third kappa shape index (κ3) is 3.86. The van der Waals surface area contributed by atoms with E-state index in [1.807, 2.05) is 41.6 Å². The number of aryl methyl sites for hydroxylation is 1. The normalized spacial score (nSPS) is 21.5. The van der Waals surface area contributed by atoms with Crippen LogP contribution < -0.4 is 15.2 Å². The lowest BCUT2D eigenvalue weighted by molar-refractivity contribution is -0.125. The quantitative estimate of drug-likeness (QED) is 0.432. The summed E-state index contributed by atoms with van der Waals surface area (Å²) in [4.78, 5) is 25.0. The summed E-state index contributed by atoms with van der Waals surface area (Å²) >= 11 is 0. The van der Waals surface area contributed by atoms with Crippen molar-refractivity contribution in [3.8, 4) is 34.5 Å². The van der Waals surface area contributed by atoms with Crippen molar-refractivity contribution >= 4 is 22.8 Å². The molecule has 3 atom stereocenters. The predicted octanol–water partition coefficient (Wildman–Crippen LogP) is 2.26. The first-order valence-electron chi connectivity index (χ1n) is 12.1. The number of carbonyl (C=O) groups excluding carboxylic acids is 1. The molecule has 0 spiro atoms. The van der Waals surface area contributed by atoms with Gasteiger partial charge in [-0.3, -0.25) is 4.79 Å². The van der Waals surface area contributed by atoms with E-state index in [0.29, 0.717) is 64.3 Å². The van der Waals surface area contributed by atoms with E-state index in [0.717, 1.165) is 6.54 Å². The molecule has 3 aliphatic rings. The average molecular weight is 503 g/mol. The SMILES string of the molecule is CN(C)C/C=C/C(=O)N1CC2C(C#Cc3c(-c4ccc(F)c5c4OCO5)c4c(N)ncnc4n3C)[C@H]2C1. The van der Waals surface area contributed by atoms with Crippen LogP contribution in [0.3, 0.4) is 0 Å². The maximum absolute atomic E-state index is 14.3. The Morgan fingerprint density at radius 1 is 1.24 bits per heavy atom. The highest BCUT2D eigenvalue weighted by molar-refractivity contribution is 6.05. The Bertz CT molecular complexity index is 1510. The first kappa shape index (κ1) is 23.3. The van der Waals surface area contributed by atoms with Crippen molar-refractivity contribution < 1.29 is 18.7 Å². The van der Waals surface area contributed by atoms with Crippen LogP contribution in [-0.2, 0) is 11.8 Å². The number of aromatic nitrogens is 3. The van der Waals surface area contributed by atoms with E-state index in [9.17, 15) is 9.18 Å². The van der Waals surface area contributed by atoms with Gasteiger partial charge in [-0.2, -0.15) is 0 Å². The van der Waals surface area contributed by atoms with Crippen LogP contribution >= 0.6 is 0 Å². The minimum absolute atomic E-state index is 0.0539. The molecule has 0 bridgehead atoms. The monoisotopic (exact) mass is 502 g/mol. The zero-order valence-corrected chi connectivity index (χ0v) is 20.9. The fraction of sp³-hybridized carbons (Fsp3) is 0.370. The summed E-state index contributed by atoms with van der Waals surface area (Å²) in [5, 5.41) is 0.635. The number of carbonyl (C=O) groups is 1. The molecule has 10 heteroatoms. The number of amides is 1. The van der Waals surface area contributed by atoms with Gasteiger partial charge in [-0.15, -0.1) is 0 Å². The summed E-state index contributed by atoms with van der Waals surface area (Å²) in [6.45, 7) is 2.10. The van der Waals surface area contributed by atoms with Crippen molar-refractivity contribution in [3.63, 3.8) is 0 Å². The molecule has 0 radical (unpaired) electrons. The van der Waals surface area contributed by atoms with Crippen LogP contribution in [0.1, 0.15) is 5.69 Å². The molecule has 1 aliphatic carbocycles. The lowest BCUT2D eigenvalue weighted by Gasteiger charge is -2.16. The Morgan fingerprint density at radius 3 is 2.76 bits per heavy atom. The Balaban J connectivity index is 1.31. The molecule has 190 valence electrons. The van der Waals surface area contributed by atoms with Crippen molar-refractivity contribution in [3.05, 3.63) is 42.1 Å². The fourth-order valence-corrected chi connectivity index (χ4v) is 5.39. The van der Waals surface area contributed by atoms with Gasteiger partial charge in [0.05, 0.1) is 5.39 Å². The van der Waals surface area contributed by atoms with Crippen LogP contribution in [0.2, 0.25) is 0 Å². The van der Waals surface area contributed by atoms with E-state index in [1.54, 1.807) is 12.1 Å². The van der Waals surface area contributed by atoms with Crippen LogP contribution in [-0.4, -0.2) is 70.8 Å². The maximum atomic E-state index is 14.3. The zero-order chi connectivity index (χ0) is 25.8. The summed E-state index contributed by atoms with van der Waals surface area (Å²) in [6.07, 6.45) is 4.96. The van der Waals surface area contributed by atoms with E-state index in [1.165, 1.54) is 12.4 Å². The fourth-order valence-electron chi connectivity index (χ4n) is 5.39. The topological polar surface area (TPSA) is 98.7 Å². The number of hydrogen-bond acceptors (Lipinski definition) is 7. The minimum Gasteiger partial charge on any atom is -0.453 e. The first-order chi connectivity index (χ1) is 17.8. The number of rotatable bonds is 4. The van der Waals surface area contributed by atoms with E-state index >= 15 is 0 Å². The number of nitrogens with two attached hydrogens (primary N) is 1. The molecule has 1 saturated carbocycles. The predicted molar refractivity (Wildman–Crippen MR) is 136 cm³/mol. The van der Waals surface area contributed by atoms with Gasteiger partial charge in [-0.25, -0.2) is 14.4 Å². The van der Waals surface area contributed by atoms with Gasteiger partial charge >= 0.3 is 0 Å². The highest BCUT2D eigenvalue weighted by Crippen LogP contribution is 2.52. The van der Waals surface area contributed by atoms with Crippen molar-refractivity contribution in [1.29, 1.82) is 0 Å². The van der Waals surface area contributed by atoms with Crippen LogP contribution in [0, 0.1) is 35.4 Å². The molecule has 4 heterocycles. The van der Waals surface area contributed by atoms with Gasteiger partial charge in [0.1, 0.15) is 23.5 Å². The molecule has 37 heavy (non-hydrogen) atoms. The van der Waals surface area contributed by atoms with Gasteiger partial charge in [0.15, 0.2) is 11.6 Å². The molecule has 1 amide bonds. The van der Waals surface area contributed by atoms with Crippen LogP contribution in [0.25, 0.3) is 22.2 Å². The standard InChI is InChI=1S/C27H27FN6O3/c1-32(2)10-4-5-21(35)34-11-17-15(18(17)12-34)7-9-20-22(23-26(29)30-13-31-27(23)33(20)3)16-6-8-19(28)25-24(16)36-14-37-25/h4-6,8,13,15,17-18H,10-12,14H2,1-3H3,(H2,29,30,31)/b5-4+/t15?,17-,18?/m1/s1. The number of fused-ring (bicyclic) bond motifs is 3. The van der Waals surface area contributed by atoms with Crippen molar-refractivity contribution in [2.75, 3.05) is 46.3 Å². The lowest BCUT2D eigenvalue weighted by atomic mass is 10.0. The number of piperidine rings is 1. The average Bonchev–Trinajstić information content (AvgIpc) is 3.28. The van der Waals surface area contributed by atoms with Gasteiger partial charge in [0.25, 0.3) is 0 Å². The summed E-state index contributed by atoms with van der Waals surface area (Å²) in [7, 11) is 5.81. The summed E-state index contributed by atoms with van der Waals surface area (Å²) in [6, 6.07) is 3.00. The maximum Gasteiger partial charge on any atom is 0.246 e. The van der Waals surface area contributed by atoms with Crippen LogP contribution in [0.15, 0.2) is 30.6 Å². The molecule has 2 aliphatic heterocycles. The molecule has 6 rings (SSSR count). The number of benzene rings is 1. The van der Waals surface area contributed by atoms with E-state index < -0.39 is 5.82 Å². The molecule has 1 saturated heterocycles. The third-order valence-corrected chi connectivity index (χ3v) is 7.33.